The number of carbonyl (C=O) groups excluding carboxylic acids is 1. The predicted molar refractivity (Wildman–Crippen MR) is 98.1 cm³/mol. The number of hydrogen-bond acceptors (Lipinski definition) is 2. The Hall–Kier alpha value is -2.88. The van der Waals surface area contributed by atoms with Crippen LogP contribution in [-0.2, 0) is 17.8 Å². The van der Waals surface area contributed by atoms with Gasteiger partial charge in [-0.05, 0) is 23.6 Å². The lowest BCUT2D eigenvalue weighted by atomic mass is 10.0. The normalized spacial score (nSPS) is 10.9. The third kappa shape index (κ3) is 3.48. The highest BCUT2D eigenvalue weighted by Crippen LogP contribution is 2.29. The zero-order valence-corrected chi connectivity index (χ0v) is 14.2. The number of nitrogens with zero attached hydrogens (tertiary/aromatic N) is 1. The van der Waals surface area contributed by atoms with Crippen molar-refractivity contribution in [3.05, 3.63) is 71.4 Å². The van der Waals surface area contributed by atoms with Gasteiger partial charge in [-0.15, -0.1) is 0 Å². The predicted octanol–water partition coefficient (Wildman–Crippen LogP) is 4.30. The highest BCUT2D eigenvalue weighted by Gasteiger charge is 2.23. The minimum atomic E-state index is -0.923. The number of para-hydroxylation sites is 1. The maximum absolute atomic E-state index is 12.8. The van der Waals surface area contributed by atoms with Crippen LogP contribution in [-0.4, -0.2) is 21.4 Å². The number of aromatic nitrogens is 1. The van der Waals surface area contributed by atoms with Crippen LogP contribution in [0.3, 0.4) is 0 Å². The molecule has 0 atom stereocenters. The molecule has 25 heavy (non-hydrogen) atoms. The van der Waals surface area contributed by atoms with Gasteiger partial charge in [-0.25, -0.2) is 0 Å². The average molecular weight is 335 g/mol. The number of fused-ring (bicyclic) bond motifs is 1. The van der Waals surface area contributed by atoms with Crippen molar-refractivity contribution in [1.82, 2.24) is 4.57 Å². The third-order valence-electron chi connectivity index (χ3n) is 4.33. The Kier molecular flexibility index (Phi) is 4.98. The van der Waals surface area contributed by atoms with Crippen molar-refractivity contribution >= 4 is 22.7 Å². The van der Waals surface area contributed by atoms with Gasteiger partial charge in [0.2, 0.25) is 0 Å². The van der Waals surface area contributed by atoms with Crippen molar-refractivity contribution in [2.45, 2.75) is 32.7 Å². The first-order chi connectivity index (χ1) is 12.1. The smallest absolute Gasteiger partial charge is 0.307 e. The molecule has 0 saturated carbocycles. The molecular weight excluding hydrogens is 314 g/mol. The van der Waals surface area contributed by atoms with E-state index in [9.17, 15) is 14.7 Å². The number of ketones is 1. The van der Waals surface area contributed by atoms with Gasteiger partial charge >= 0.3 is 5.97 Å². The van der Waals surface area contributed by atoms with Crippen LogP contribution in [0.15, 0.2) is 54.6 Å². The second-order valence-corrected chi connectivity index (χ2v) is 6.16. The molecule has 2 aromatic carbocycles. The number of carboxylic acids is 1. The van der Waals surface area contributed by atoms with Crippen LogP contribution in [0.4, 0.5) is 0 Å². The fourth-order valence-corrected chi connectivity index (χ4v) is 3.30. The second-order valence-electron chi connectivity index (χ2n) is 6.16. The highest BCUT2D eigenvalue weighted by atomic mass is 16.4. The molecule has 1 heterocycles. The van der Waals surface area contributed by atoms with Crippen LogP contribution in [0.1, 0.15) is 41.4 Å². The fraction of sp³-hybridized carbons (Fsp3) is 0.238. The number of aliphatic carboxylic acids is 1. The van der Waals surface area contributed by atoms with Gasteiger partial charge in [-0.2, -0.15) is 0 Å². The van der Waals surface area contributed by atoms with E-state index in [-0.39, 0.29) is 12.2 Å². The van der Waals surface area contributed by atoms with Crippen molar-refractivity contribution in [3.8, 4) is 0 Å². The number of rotatable bonds is 7. The molecule has 3 aromatic rings. The van der Waals surface area contributed by atoms with E-state index in [0.717, 1.165) is 22.9 Å². The number of benzene rings is 2. The number of carbonyl (C=O) groups is 2. The lowest BCUT2D eigenvalue weighted by Crippen LogP contribution is -2.13. The van der Waals surface area contributed by atoms with Gasteiger partial charge in [-0.3, -0.25) is 9.59 Å². The molecule has 4 heteroatoms. The summed E-state index contributed by atoms with van der Waals surface area (Å²) in [6.07, 6.45) is 1.00. The molecule has 0 fully saturated rings. The Bertz CT molecular complexity index is 910. The molecule has 3 rings (SSSR count). The van der Waals surface area contributed by atoms with Crippen molar-refractivity contribution in [1.29, 1.82) is 0 Å². The van der Waals surface area contributed by atoms with E-state index in [4.69, 9.17) is 0 Å². The van der Waals surface area contributed by atoms with E-state index in [1.807, 2.05) is 66.1 Å². The largest absolute Gasteiger partial charge is 0.481 e. The van der Waals surface area contributed by atoms with Crippen LogP contribution in [0.2, 0.25) is 0 Å². The minimum Gasteiger partial charge on any atom is -0.481 e. The molecule has 0 aliphatic rings. The van der Waals surface area contributed by atoms with Gasteiger partial charge in [0, 0.05) is 23.9 Å². The summed E-state index contributed by atoms with van der Waals surface area (Å²) in [4.78, 5) is 24.2. The summed E-state index contributed by atoms with van der Waals surface area (Å²) in [6.45, 7) is 2.50. The standard InChI is InChI=1S/C21H21NO3/c1-2-8-19(23)21-17(13-20(24)25)16-11-6-7-12-18(16)22(21)14-15-9-4-3-5-10-15/h3-7,9-12H,2,8,13-14H2,1H3,(H,24,25). The molecule has 128 valence electrons. The maximum atomic E-state index is 12.8. The minimum absolute atomic E-state index is 0.00545. The lowest BCUT2D eigenvalue weighted by Gasteiger charge is -2.11. The van der Waals surface area contributed by atoms with Crippen LogP contribution in [0.25, 0.3) is 10.9 Å². The molecular formula is C21H21NO3. The second kappa shape index (κ2) is 7.34. The van der Waals surface area contributed by atoms with Gasteiger partial charge in [0.15, 0.2) is 5.78 Å². The Morgan fingerprint density at radius 1 is 1.00 bits per heavy atom. The molecule has 1 N–H and O–H groups in total. The molecule has 0 bridgehead atoms. The van der Waals surface area contributed by atoms with Crippen molar-refractivity contribution in [2.24, 2.45) is 0 Å². The molecule has 0 spiro atoms. The summed E-state index contributed by atoms with van der Waals surface area (Å²) in [5.41, 5.74) is 3.14. The first kappa shape index (κ1) is 17.0. The first-order valence-electron chi connectivity index (χ1n) is 8.50. The summed E-state index contributed by atoms with van der Waals surface area (Å²) in [5.74, 6) is -0.918. The number of hydrogen-bond donors (Lipinski definition) is 1. The van der Waals surface area contributed by atoms with E-state index >= 15 is 0 Å². The molecule has 0 amide bonds. The molecule has 4 nitrogen and oxygen atoms in total. The van der Waals surface area contributed by atoms with Crippen molar-refractivity contribution in [3.63, 3.8) is 0 Å². The Balaban J connectivity index is 2.23. The summed E-state index contributed by atoms with van der Waals surface area (Å²) in [5, 5.41) is 10.2. The van der Waals surface area contributed by atoms with Crippen molar-refractivity contribution in [2.75, 3.05) is 0 Å². The average Bonchev–Trinajstić information content (AvgIpc) is 2.89. The van der Waals surface area contributed by atoms with E-state index in [0.29, 0.717) is 24.2 Å². The van der Waals surface area contributed by atoms with Gasteiger partial charge < -0.3 is 9.67 Å². The topological polar surface area (TPSA) is 59.3 Å². The molecule has 0 aliphatic heterocycles. The third-order valence-corrected chi connectivity index (χ3v) is 4.33. The Labute approximate surface area is 146 Å². The van der Waals surface area contributed by atoms with Gasteiger partial charge in [0.25, 0.3) is 0 Å². The molecule has 0 radical (unpaired) electrons. The fourth-order valence-electron chi connectivity index (χ4n) is 3.30. The van der Waals surface area contributed by atoms with E-state index in [1.54, 1.807) is 0 Å². The maximum Gasteiger partial charge on any atom is 0.307 e. The zero-order chi connectivity index (χ0) is 17.8. The van der Waals surface area contributed by atoms with Gasteiger partial charge in [0.05, 0.1) is 12.1 Å². The Morgan fingerprint density at radius 2 is 1.68 bits per heavy atom. The lowest BCUT2D eigenvalue weighted by molar-refractivity contribution is -0.136. The quantitative estimate of drug-likeness (QED) is 0.655. The molecule has 1 aromatic heterocycles. The van der Waals surface area contributed by atoms with Crippen LogP contribution in [0.5, 0.6) is 0 Å². The molecule has 0 aliphatic carbocycles. The van der Waals surface area contributed by atoms with Crippen molar-refractivity contribution < 1.29 is 14.7 Å². The summed E-state index contributed by atoms with van der Waals surface area (Å²) in [7, 11) is 0. The SMILES string of the molecule is CCCC(=O)c1c(CC(=O)O)c2ccccc2n1Cc1ccccc1. The summed E-state index contributed by atoms with van der Waals surface area (Å²) >= 11 is 0. The Morgan fingerprint density at radius 3 is 2.36 bits per heavy atom. The number of carboxylic acid groups (broad SMARTS) is 1. The summed E-state index contributed by atoms with van der Waals surface area (Å²) < 4.78 is 1.97. The monoisotopic (exact) mass is 335 g/mol. The highest BCUT2D eigenvalue weighted by molar-refractivity contribution is 6.04. The van der Waals surface area contributed by atoms with Crippen LogP contribution >= 0.6 is 0 Å². The van der Waals surface area contributed by atoms with E-state index in [1.165, 1.54) is 0 Å². The first-order valence-corrected chi connectivity index (χ1v) is 8.50. The summed E-state index contributed by atoms with van der Waals surface area (Å²) in [6, 6.07) is 17.6. The number of Topliss-reactive ketones (excluding diaryl/α,β-unsaturated/α-hetero) is 1. The van der Waals surface area contributed by atoms with E-state index < -0.39 is 5.97 Å². The molecule has 0 unspecified atom stereocenters. The van der Waals surface area contributed by atoms with Crippen LogP contribution in [0, 0.1) is 0 Å². The van der Waals surface area contributed by atoms with Gasteiger partial charge in [0.1, 0.15) is 0 Å². The van der Waals surface area contributed by atoms with E-state index in [2.05, 4.69) is 0 Å². The van der Waals surface area contributed by atoms with Crippen LogP contribution < -0.4 is 0 Å². The van der Waals surface area contributed by atoms with Gasteiger partial charge in [-0.1, -0.05) is 55.5 Å². The molecule has 0 saturated heterocycles. The zero-order valence-electron chi connectivity index (χ0n) is 14.2.